The minimum Gasteiger partial charge on any atom is -0.474 e. The van der Waals surface area contributed by atoms with Gasteiger partial charge in [0.25, 0.3) is 5.69 Å². The van der Waals surface area contributed by atoms with E-state index in [1.54, 1.807) is 0 Å². The molecule has 0 unspecified atom stereocenters. The second kappa shape index (κ2) is 6.87. The van der Waals surface area contributed by atoms with E-state index >= 15 is 0 Å². The highest BCUT2D eigenvalue weighted by molar-refractivity contribution is 5.99. The third kappa shape index (κ3) is 3.80. The Kier molecular flexibility index (Phi) is 4.91. The van der Waals surface area contributed by atoms with Gasteiger partial charge in [-0.2, -0.15) is 0 Å². The van der Waals surface area contributed by atoms with Crippen molar-refractivity contribution >= 4 is 11.5 Å². The van der Waals surface area contributed by atoms with Crippen LogP contribution in [0.2, 0.25) is 0 Å². The molecule has 1 heterocycles. The Morgan fingerprint density at radius 1 is 1.43 bits per heavy atom. The number of nitrogens with zero attached hydrogens (tertiary/aromatic N) is 3. The normalized spacial score (nSPS) is 17.2. The number of ether oxygens (including phenoxy) is 1. The maximum Gasteiger partial charge on any atom is 0.288 e. The van der Waals surface area contributed by atoms with E-state index in [4.69, 9.17) is 15.7 Å². The van der Waals surface area contributed by atoms with Gasteiger partial charge in [0.2, 0.25) is 5.88 Å². The van der Waals surface area contributed by atoms with Gasteiger partial charge in [-0.25, -0.2) is 4.98 Å². The monoisotopic (exact) mass is 294 g/mol. The standard InChI is InChI=1S/C13H18N4O4/c14-12(16-18)11-7-9(17(19)20)8-15-13(11)21-10-5-3-1-2-4-6-10/h7-8,10,18H,1-6H2,(H2,14,16). The molecular formula is C13H18N4O4. The van der Waals surface area contributed by atoms with Crippen molar-refractivity contribution < 1.29 is 14.9 Å². The van der Waals surface area contributed by atoms with Gasteiger partial charge in [0.1, 0.15) is 12.3 Å². The van der Waals surface area contributed by atoms with E-state index in [-0.39, 0.29) is 29.1 Å². The van der Waals surface area contributed by atoms with E-state index in [2.05, 4.69) is 10.1 Å². The number of hydrogen-bond donors (Lipinski definition) is 2. The molecule has 0 atom stereocenters. The Morgan fingerprint density at radius 3 is 2.67 bits per heavy atom. The molecule has 1 aromatic heterocycles. The fourth-order valence-corrected chi connectivity index (χ4v) is 2.39. The molecule has 0 spiro atoms. The Bertz CT molecular complexity index is 539. The lowest BCUT2D eigenvalue weighted by molar-refractivity contribution is -0.385. The summed E-state index contributed by atoms with van der Waals surface area (Å²) in [6.07, 6.45) is 7.46. The molecule has 2 rings (SSSR count). The molecule has 1 fully saturated rings. The summed E-state index contributed by atoms with van der Waals surface area (Å²) in [6.45, 7) is 0. The molecule has 1 aromatic rings. The minimum absolute atomic E-state index is 0.00620. The van der Waals surface area contributed by atoms with Crippen LogP contribution >= 0.6 is 0 Å². The van der Waals surface area contributed by atoms with Crippen LogP contribution < -0.4 is 10.5 Å². The van der Waals surface area contributed by atoms with Crippen LogP contribution in [0.25, 0.3) is 0 Å². The summed E-state index contributed by atoms with van der Waals surface area (Å²) in [5.74, 6) is -0.0855. The van der Waals surface area contributed by atoms with Crippen LogP contribution in [-0.2, 0) is 0 Å². The summed E-state index contributed by atoms with van der Waals surface area (Å²) >= 11 is 0. The zero-order chi connectivity index (χ0) is 15.2. The molecule has 0 bridgehead atoms. The van der Waals surface area contributed by atoms with Gasteiger partial charge in [-0.05, 0) is 25.7 Å². The fourth-order valence-electron chi connectivity index (χ4n) is 2.39. The molecule has 0 amide bonds. The highest BCUT2D eigenvalue weighted by Gasteiger charge is 2.20. The molecule has 114 valence electrons. The van der Waals surface area contributed by atoms with Crippen LogP contribution in [0.3, 0.4) is 0 Å². The lowest BCUT2D eigenvalue weighted by Crippen LogP contribution is -2.21. The summed E-state index contributed by atoms with van der Waals surface area (Å²) in [5, 5.41) is 22.5. The first-order valence-electron chi connectivity index (χ1n) is 6.91. The van der Waals surface area contributed by atoms with Crippen molar-refractivity contribution in [3.8, 4) is 5.88 Å². The number of pyridine rings is 1. The molecule has 1 saturated carbocycles. The van der Waals surface area contributed by atoms with Crippen molar-refractivity contribution in [3.05, 3.63) is 27.9 Å². The van der Waals surface area contributed by atoms with E-state index in [1.165, 1.54) is 18.9 Å². The predicted molar refractivity (Wildman–Crippen MR) is 75.5 cm³/mol. The molecule has 3 N–H and O–H groups in total. The Labute approximate surface area is 121 Å². The first kappa shape index (κ1) is 15.0. The van der Waals surface area contributed by atoms with Crippen LogP contribution in [0.4, 0.5) is 5.69 Å². The molecular weight excluding hydrogens is 276 g/mol. The Balaban J connectivity index is 2.26. The minimum atomic E-state index is -0.587. The van der Waals surface area contributed by atoms with Gasteiger partial charge in [-0.15, -0.1) is 0 Å². The number of hydrogen-bond acceptors (Lipinski definition) is 6. The number of amidine groups is 1. The third-order valence-electron chi connectivity index (χ3n) is 3.51. The molecule has 0 radical (unpaired) electrons. The Hall–Kier alpha value is -2.38. The molecule has 1 aliphatic rings. The van der Waals surface area contributed by atoms with Crippen molar-refractivity contribution in [2.75, 3.05) is 0 Å². The lowest BCUT2D eigenvalue weighted by Gasteiger charge is -2.17. The quantitative estimate of drug-likeness (QED) is 0.219. The molecule has 1 aliphatic carbocycles. The number of rotatable bonds is 4. The van der Waals surface area contributed by atoms with E-state index in [1.807, 2.05) is 0 Å². The molecule has 0 aromatic carbocycles. The van der Waals surface area contributed by atoms with E-state index in [0.29, 0.717) is 0 Å². The second-order valence-corrected chi connectivity index (χ2v) is 5.02. The van der Waals surface area contributed by atoms with E-state index < -0.39 is 4.92 Å². The highest BCUT2D eigenvalue weighted by atomic mass is 16.6. The molecule has 0 saturated heterocycles. The van der Waals surface area contributed by atoms with Gasteiger partial charge < -0.3 is 15.7 Å². The largest absolute Gasteiger partial charge is 0.474 e. The van der Waals surface area contributed by atoms with Gasteiger partial charge in [0.15, 0.2) is 5.84 Å². The topological polar surface area (TPSA) is 124 Å². The molecule has 0 aliphatic heterocycles. The second-order valence-electron chi connectivity index (χ2n) is 5.02. The zero-order valence-corrected chi connectivity index (χ0v) is 11.6. The Morgan fingerprint density at radius 2 is 2.10 bits per heavy atom. The van der Waals surface area contributed by atoms with Crippen LogP contribution in [0.1, 0.15) is 44.1 Å². The van der Waals surface area contributed by atoms with Crippen LogP contribution in [0, 0.1) is 10.1 Å². The number of nitro groups is 1. The SMILES string of the molecule is NC(=NO)c1cc([N+](=O)[O-])cnc1OC1CCCCCC1. The number of oxime groups is 1. The van der Waals surface area contributed by atoms with Crippen LogP contribution in [0.5, 0.6) is 5.88 Å². The number of aromatic nitrogens is 1. The summed E-state index contributed by atoms with van der Waals surface area (Å²) in [5.41, 5.74) is 5.46. The van der Waals surface area contributed by atoms with Gasteiger partial charge in [0.05, 0.1) is 10.5 Å². The van der Waals surface area contributed by atoms with Crippen LogP contribution in [-0.4, -0.2) is 27.1 Å². The van der Waals surface area contributed by atoms with Crippen molar-refractivity contribution in [1.29, 1.82) is 0 Å². The average Bonchev–Trinajstić information content (AvgIpc) is 2.75. The highest BCUT2D eigenvalue weighted by Crippen LogP contribution is 2.26. The van der Waals surface area contributed by atoms with Crippen molar-refractivity contribution in [1.82, 2.24) is 4.98 Å². The summed E-state index contributed by atoms with van der Waals surface area (Å²) < 4.78 is 5.82. The average molecular weight is 294 g/mol. The van der Waals surface area contributed by atoms with Gasteiger partial charge in [-0.1, -0.05) is 18.0 Å². The van der Waals surface area contributed by atoms with Crippen LogP contribution in [0.15, 0.2) is 17.4 Å². The molecule has 8 nitrogen and oxygen atoms in total. The van der Waals surface area contributed by atoms with E-state index in [0.717, 1.165) is 31.9 Å². The molecule has 21 heavy (non-hydrogen) atoms. The summed E-state index contributed by atoms with van der Waals surface area (Å²) in [7, 11) is 0. The maximum atomic E-state index is 10.8. The van der Waals surface area contributed by atoms with Gasteiger partial charge >= 0.3 is 0 Å². The number of nitrogens with two attached hydrogens (primary N) is 1. The predicted octanol–water partition coefficient (Wildman–Crippen LogP) is 2.19. The molecule has 8 heteroatoms. The first-order chi connectivity index (χ1) is 10.1. The summed E-state index contributed by atoms with van der Waals surface area (Å²) in [4.78, 5) is 14.2. The van der Waals surface area contributed by atoms with Gasteiger partial charge in [0, 0.05) is 6.07 Å². The smallest absolute Gasteiger partial charge is 0.288 e. The van der Waals surface area contributed by atoms with Gasteiger partial charge in [-0.3, -0.25) is 10.1 Å². The lowest BCUT2D eigenvalue weighted by atomic mass is 10.1. The van der Waals surface area contributed by atoms with E-state index in [9.17, 15) is 10.1 Å². The summed E-state index contributed by atoms with van der Waals surface area (Å²) in [6, 6.07) is 1.20. The van der Waals surface area contributed by atoms with Crippen molar-refractivity contribution in [2.24, 2.45) is 10.9 Å². The maximum absolute atomic E-state index is 10.8. The van der Waals surface area contributed by atoms with Crippen molar-refractivity contribution in [3.63, 3.8) is 0 Å². The third-order valence-corrected chi connectivity index (χ3v) is 3.51. The van der Waals surface area contributed by atoms with Crippen molar-refractivity contribution in [2.45, 2.75) is 44.6 Å². The first-order valence-corrected chi connectivity index (χ1v) is 6.91. The fraction of sp³-hybridized carbons (Fsp3) is 0.538. The zero-order valence-electron chi connectivity index (χ0n) is 11.6.